The monoisotopic (exact) mass is 380 g/mol. The maximum absolute atomic E-state index is 13.0. The van der Waals surface area contributed by atoms with E-state index in [1.807, 2.05) is 9.80 Å². The number of hydrogen-bond donors (Lipinski definition) is 0. The Balaban J connectivity index is 1.54. The summed E-state index contributed by atoms with van der Waals surface area (Å²) in [6, 6.07) is 1.11. The minimum atomic E-state index is -4.48. The van der Waals surface area contributed by atoms with Crippen LogP contribution in [-0.4, -0.2) is 52.2 Å². The Bertz CT molecular complexity index is 796. The van der Waals surface area contributed by atoms with Crippen LogP contribution in [-0.2, 0) is 6.18 Å². The predicted octanol–water partition coefficient (Wildman–Crippen LogP) is 2.54. The normalized spacial score (nSPS) is 20.0. The van der Waals surface area contributed by atoms with Crippen LogP contribution < -0.4 is 14.5 Å². The summed E-state index contributed by atoms with van der Waals surface area (Å²) in [6.45, 7) is 1.33. The topological polar surface area (TPSA) is 67.3 Å². The van der Waals surface area contributed by atoms with E-state index in [0.717, 1.165) is 31.9 Å². The Kier molecular flexibility index (Phi) is 4.48. The summed E-state index contributed by atoms with van der Waals surface area (Å²) in [5, 5.41) is 0. The zero-order valence-electron chi connectivity index (χ0n) is 14.7. The lowest BCUT2D eigenvalue weighted by Gasteiger charge is -2.29. The average Bonchev–Trinajstić information content (AvgIpc) is 3.38. The minimum absolute atomic E-state index is 0.0201. The van der Waals surface area contributed by atoms with Gasteiger partial charge in [0.15, 0.2) is 5.75 Å². The molecule has 2 aromatic rings. The zero-order chi connectivity index (χ0) is 19.0. The van der Waals surface area contributed by atoms with E-state index in [-0.39, 0.29) is 18.0 Å². The molecule has 1 atom stereocenters. The molecule has 1 saturated carbocycles. The lowest BCUT2D eigenvalue weighted by molar-refractivity contribution is -0.141. The average molecular weight is 380 g/mol. The van der Waals surface area contributed by atoms with Crippen LogP contribution >= 0.6 is 0 Å². The second-order valence-electron chi connectivity index (χ2n) is 6.69. The first-order valence-electron chi connectivity index (χ1n) is 8.75. The number of methoxy groups -OCH3 is 1. The van der Waals surface area contributed by atoms with Crippen LogP contribution in [0.1, 0.15) is 25.0 Å². The number of nitrogens with zero attached hydrogens (tertiary/aromatic N) is 6. The van der Waals surface area contributed by atoms with Gasteiger partial charge >= 0.3 is 6.18 Å². The molecule has 0 aromatic carbocycles. The third-order valence-electron chi connectivity index (χ3n) is 4.79. The van der Waals surface area contributed by atoms with E-state index in [1.165, 1.54) is 6.20 Å². The van der Waals surface area contributed by atoms with Crippen molar-refractivity contribution in [3.05, 3.63) is 30.4 Å². The van der Waals surface area contributed by atoms with Crippen molar-refractivity contribution in [1.29, 1.82) is 0 Å². The van der Waals surface area contributed by atoms with Crippen LogP contribution in [0.15, 0.2) is 24.7 Å². The van der Waals surface area contributed by atoms with Crippen molar-refractivity contribution in [2.75, 3.05) is 30.0 Å². The van der Waals surface area contributed by atoms with Gasteiger partial charge in [-0.1, -0.05) is 0 Å². The van der Waals surface area contributed by atoms with Gasteiger partial charge in [-0.15, -0.1) is 0 Å². The first-order chi connectivity index (χ1) is 13.0. The lowest BCUT2D eigenvalue weighted by atomic mass is 10.2. The molecule has 1 aliphatic carbocycles. The summed E-state index contributed by atoms with van der Waals surface area (Å²) in [4.78, 5) is 20.5. The minimum Gasteiger partial charge on any atom is -0.494 e. The molecule has 7 nitrogen and oxygen atoms in total. The van der Waals surface area contributed by atoms with E-state index in [2.05, 4.69) is 19.9 Å². The Hall–Kier alpha value is -2.65. The number of anilines is 2. The summed E-state index contributed by atoms with van der Waals surface area (Å²) >= 11 is 0. The molecule has 2 aliphatic rings. The fraction of sp³-hybridized carbons (Fsp3) is 0.529. The molecule has 10 heteroatoms. The number of rotatable bonds is 5. The van der Waals surface area contributed by atoms with Crippen molar-refractivity contribution in [2.45, 2.75) is 37.5 Å². The van der Waals surface area contributed by atoms with Crippen LogP contribution in [0.4, 0.5) is 25.1 Å². The van der Waals surface area contributed by atoms with Crippen molar-refractivity contribution in [3.63, 3.8) is 0 Å². The second kappa shape index (κ2) is 6.82. The van der Waals surface area contributed by atoms with Gasteiger partial charge in [-0.2, -0.15) is 13.2 Å². The summed E-state index contributed by atoms with van der Waals surface area (Å²) < 4.78 is 44.1. The molecule has 2 fully saturated rings. The summed E-state index contributed by atoms with van der Waals surface area (Å²) in [5.41, 5.74) is -0.911. The van der Waals surface area contributed by atoms with Crippen molar-refractivity contribution < 1.29 is 17.9 Å². The molecule has 0 radical (unpaired) electrons. The highest BCUT2D eigenvalue weighted by Crippen LogP contribution is 2.36. The second-order valence-corrected chi connectivity index (χ2v) is 6.69. The SMILES string of the molecule is COc1cnc(N2CCC(N(c3nccc(C(F)(F)F)n3)C3CC3)C2)nc1. The standard InChI is InChI=1S/C17H19F3N6O/c1-27-13-8-22-15(23-9-13)25-7-5-12(10-25)26(11-2-3-11)16-21-6-4-14(24-16)17(18,19)20/h4,6,8-9,11-12H,2-3,5,7,10H2,1H3. The molecule has 0 amide bonds. The van der Waals surface area contributed by atoms with Gasteiger partial charge in [-0.25, -0.2) is 19.9 Å². The molecule has 0 bridgehead atoms. The Labute approximate surface area is 154 Å². The van der Waals surface area contributed by atoms with E-state index in [0.29, 0.717) is 18.2 Å². The van der Waals surface area contributed by atoms with Gasteiger partial charge in [-0.05, 0) is 25.3 Å². The molecule has 4 rings (SSSR count). The molecular weight excluding hydrogens is 361 g/mol. The zero-order valence-corrected chi connectivity index (χ0v) is 14.7. The number of ether oxygens (including phenoxy) is 1. The summed E-state index contributed by atoms with van der Waals surface area (Å²) in [7, 11) is 1.55. The van der Waals surface area contributed by atoms with E-state index in [4.69, 9.17) is 4.74 Å². The van der Waals surface area contributed by atoms with Crippen LogP contribution in [0.5, 0.6) is 5.75 Å². The highest BCUT2D eigenvalue weighted by molar-refractivity contribution is 5.41. The highest BCUT2D eigenvalue weighted by atomic mass is 19.4. The van der Waals surface area contributed by atoms with E-state index in [1.54, 1.807) is 19.5 Å². The van der Waals surface area contributed by atoms with E-state index < -0.39 is 11.9 Å². The van der Waals surface area contributed by atoms with Crippen LogP contribution in [0.25, 0.3) is 0 Å². The maximum Gasteiger partial charge on any atom is 0.433 e. The van der Waals surface area contributed by atoms with Gasteiger partial charge in [0.1, 0.15) is 5.69 Å². The third kappa shape index (κ3) is 3.74. The fourth-order valence-electron chi connectivity index (χ4n) is 3.34. The van der Waals surface area contributed by atoms with Crippen LogP contribution in [0.2, 0.25) is 0 Å². The molecule has 0 spiro atoms. The molecular formula is C17H19F3N6O. The maximum atomic E-state index is 13.0. The molecule has 0 N–H and O–H groups in total. The highest BCUT2D eigenvalue weighted by Gasteiger charge is 2.40. The smallest absolute Gasteiger partial charge is 0.433 e. The number of halogens is 3. The van der Waals surface area contributed by atoms with Crippen LogP contribution in [0.3, 0.4) is 0 Å². The molecule has 27 heavy (non-hydrogen) atoms. The number of aromatic nitrogens is 4. The molecule has 1 unspecified atom stereocenters. The first kappa shape index (κ1) is 17.7. The van der Waals surface area contributed by atoms with Gasteiger partial charge in [0.2, 0.25) is 11.9 Å². The van der Waals surface area contributed by atoms with Gasteiger partial charge in [0.05, 0.1) is 25.5 Å². The van der Waals surface area contributed by atoms with Crippen molar-refractivity contribution in [1.82, 2.24) is 19.9 Å². The molecule has 1 aliphatic heterocycles. The lowest BCUT2D eigenvalue weighted by Crippen LogP contribution is -2.41. The Morgan fingerprint density at radius 3 is 2.48 bits per heavy atom. The van der Waals surface area contributed by atoms with Gasteiger partial charge in [0.25, 0.3) is 0 Å². The Morgan fingerprint density at radius 1 is 1.11 bits per heavy atom. The quantitative estimate of drug-likeness (QED) is 0.790. The Morgan fingerprint density at radius 2 is 1.85 bits per heavy atom. The third-order valence-corrected chi connectivity index (χ3v) is 4.79. The molecule has 2 aromatic heterocycles. The summed E-state index contributed by atoms with van der Waals surface area (Å²) in [5.74, 6) is 1.31. The first-order valence-corrected chi connectivity index (χ1v) is 8.75. The number of hydrogen-bond acceptors (Lipinski definition) is 7. The fourth-order valence-corrected chi connectivity index (χ4v) is 3.34. The van der Waals surface area contributed by atoms with Crippen molar-refractivity contribution >= 4 is 11.9 Å². The van der Waals surface area contributed by atoms with Gasteiger partial charge in [-0.3, -0.25) is 0 Å². The van der Waals surface area contributed by atoms with Gasteiger partial charge in [0, 0.05) is 25.3 Å². The number of alkyl halides is 3. The summed E-state index contributed by atoms with van der Waals surface area (Å²) in [6.07, 6.45) is 2.57. The van der Waals surface area contributed by atoms with E-state index in [9.17, 15) is 13.2 Å². The van der Waals surface area contributed by atoms with E-state index >= 15 is 0 Å². The molecule has 1 saturated heterocycles. The predicted molar refractivity (Wildman–Crippen MR) is 91.7 cm³/mol. The molecule has 3 heterocycles. The van der Waals surface area contributed by atoms with Gasteiger partial charge < -0.3 is 14.5 Å². The molecule has 144 valence electrons. The van der Waals surface area contributed by atoms with Crippen molar-refractivity contribution in [2.24, 2.45) is 0 Å². The van der Waals surface area contributed by atoms with Crippen LogP contribution in [0, 0.1) is 0 Å². The van der Waals surface area contributed by atoms with Crippen molar-refractivity contribution in [3.8, 4) is 5.75 Å². The largest absolute Gasteiger partial charge is 0.494 e.